The highest BCUT2D eigenvalue weighted by molar-refractivity contribution is 4.61. The average molecular weight is 225 g/mol. The molecule has 0 nitrogen and oxygen atoms in total. The summed E-state index contributed by atoms with van der Waals surface area (Å²) >= 11 is 0. The van der Waals surface area contributed by atoms with E-state index >= 15 is 0 Å². The Kier molecular flexibility index (Phi) is 13.1. The predicted octanol–water partition coefficient (Wildman–Crippen LogP) is 6.16. The van der Waals surface area contributed by atoms with Crippen LogP contribution in [-0.2, 0) is 0 Å². The molecular weight excluding hydrogens is 192 g/mol. The van der Waals surface area contributed by atoms with E-state index in [1.165, 1.54) is 70.6 Å². The zero-order valence-corrected chi connectivity index (χ0v) is 11.8. The number of hydrogen-bond donors (Lipinski definition) is 0. The number of hydrogen-bond acceptors (Lipinski definition) is 0. The molecule has 97 valence electrons. The van der Waals surface area contributed by atoms with Crippen molar-refractivity contribution in [3.05, 3.63) is 6.92 Å². The van der Waals surface area contributed by atoms with Crippen molar-refractivity contribution in [3.63, 3.8) is 0 Å². The summed E-state index contributed by atoms with van der Waals surface area (Å²) in [4.78, 5) is 0. The summed E-state index contributed by atoms with van der Waals surface area (Å²) in [7, 11) is 0. The Hall–Kier alpha value is 0. The van der Waals surface area contributed by atoms with Crippen LogP contribution in [0.2, 0.25) is 0 Å². The van der Waals surface area contributed by atoms with Gasteiger partial charge in [-0.1, -0.05) is 97.8 Å². The van der Waals surface area contributed by atoms with E-state index in [-0.39, 0.29) is 0 Å². The molecule has 1 atom stereocenters. The van der Waals surface area contributed by atoms with Crippen LogP contribution in [0.1, 0.15) is 90.9 Å². The van der Waals surface area contributed by atoms with Crippen LogP contribution < -0.4 is 0 Å². The van der Waals surface area contributed by atoms with Gasteiger partial charge in [0, 0.05) is 0 Å². The molecule has 0 heteroatoms. The van der Waals surface area contributed by atoms with Crippen molar-refractivity contribution in [1.82, 2.24) is 0 Å². The van der Waals surface area contributed by atoms with Crippen molar-refractivity contribution in [2.45, 2.75) is 90.9 Å². The minimum atomic E-state index is 1.02. The van der Waals surface area contributed by atoms with Gasteiger partial charge in [-0.25, -0.2) is 0 Å². The summed E-state index contributed by atoms with van der Waals surface area (Å²) in [5, 5.41) is 0. The van der Waals surface area contributed by atoms with Crippen LogP contribution in [0, 0.1) is 12.8 Å². The predicted molar refractivity (Wildman–Crippen MR) is 75.6 cm³/mol. The number of unbranched alkanes of at least 4 members (excludes halogenated alkanes) is 6. The van der Waals surface area contributed by atoms with Crippen LogP contribution in [0.3, 0.4) is 0 Å². The molecule has 1 unspecified atom stereocenters. The summed E-state index contributed by atoms with van der Waals surface area (Å²) in [6.07, 6.45) is 16.8. The first-order valence-corrected chi connectivity index (χ1v) is 7.64. The molecule has 1 radical (unpaired) electrons. The molecular formula is C16H33. The van der Waals surface area contributed by atoms with Crippen LogP contribution in [-0.4, -0.2) is 0 Å². The van der Waals surface area contributed by atoms with E-state index in [1.807, 2.05) is 0 Å². The lowest BCUT2D eigenvalue weighted by Crippen LogP contribution is -2.01. The Balaban J connectivity index is 3.54. The minimum Gasteiger partial charge on any atom is -0.0654 e. The second kappa shape index (κ2) is 13.1. The maximum atomic E-state index is 3.93. The summed E-state index contributed by atoms with van der Waals surface area (Å²) in [6, 6.07) is 0. The van der Waals surface area contributed by atoms with Gasteiger partial charge >= 0.3 is 0 Å². The highest BCUT2D eigenvalue weighted by Gasteiger charge is 2.07. The zero-order valence-electron chi connectivity index (χ0n) is 11.8. The van der Waals surface area contributed by atoms with Crippen LogP contribution in [0.25, 0.3) is 0 Å². The van der Waals surface area contributed by atoms with Crippen molar-refractivity contribution in [1.29, 1.82) is 0 Å². The van der Waals surface area contributed by atoms with Crippen LogP contribution in [0.5, 0.6) is 0 Å². The average Bonchev–Trinajstić information content (AvgIpc) is 2.31. The van der Waals surface area contributed by atoms with Gasteiger partial charge in [0.25, 0.3) is 0 Å². The Bertz CT molecular complexity index is 117. The van der Waals surface area contributed by atoms with Crippen LogP contribution >= 0.6 is 0 Å². The van der Waals surface area contributed by atoms with Gasteiger partial charge in [-0.15, -0.1) is 0 Å². The molecule has 0 aliphatic heterocycles. The molecule has 0 N–H and O–H groups in total. The van der Waals surface area contributed by atoms with Gasteiger partial charge in [0.15, 0.2) is 0 Å². The third-order valence-electron chi connectivity index (χ3n) is 3.54. The lowest BCUT2D eigenvalue weighted by molar-refractivity contribution is 0.375. The van der Waals surface area contributed by atoms with Crippen molar-refractivity contribution < 1.29 is 0 Å². The highest BCUT2D eigenvalue weighted by atomic mass is 14.1. The largest absolute Gasteiger partial charge is 0.0654 e. The molecule has 0 aromatic carbocycles. The van der Waals surface area contributed by atoms with Gasteiger partial charge in [-0.3, -0.25) is 0 Å². The first-order valence-electron chi connectivity index (χ1n) is 7.64. The van der Waals surface area contributed by atoms with Gasteiger partial charge < -0.3 is 0 Å². The van der Waals surface area contributed by atoms with E-state index in [1.54, 1.807) is 0 Å². The Labute approximate surface area is 104 Å². The quantitative estimate of drug-likeness (QED) is 0.349. The molecule has 16 heavy (non-hydrogen) atoms. The Morgan fingerprint density at radius 1 is 0.688 bits per heavy atom. The third-order valence-corrected chi connectivity index (χ3v) is 3.54. The summed E-state index contributed by atoms with van der Waals surface area (Å²) in [5.41, 5.74) is 0. The van der Waals surface area contributed by atoms with Gasteiger partial charge in [0.05, 0.1) is 0 Å². The molecule has 0 amide bonds. The summed E-state index contributed by atoms with van der Waals surface area (Å²) in [6.45, 7) is 8.54. The van der Waals surface area contributed by atoms with Crippen molar-refractivity contribution >= 4 is 0 Å². The van der Waals surface area contributed by atoms with E-state index in [4.69, 9.17) is 0 Å². The molecule has 0 rings (SSSR count). The minimum absolute atomic E-state index is 1.02. The smallest absolute Gasteiger partial charge is 0.0414 e. The second-order valence-corrected chi connectivity index (χ2v) is 5.21. The molecule has 0 aromatic heterocycles. The third kappa shape index (κ3) is 10.5. The molecule has 0 saturated heterocycles. The van der Waals surface area contributed by atoms with E-state index < -0.39 is 0 Å². The van der Waals surface area contributed by atoms with Gasteiger partial charge in [-0.2, -0.15) is 0 Å². The monoisotopic (exact) mass is 225 g/mol. The zero-order chi connectivity index (χ0) is 12.1. The maximum absolute atomic E-state index is 3.93. The summed E-state index contributed by atoms with van der Waals surface area (Å²) < 4.78 is 0. The molecule has 0 fully saturated rings. The Morgan fingerprint density at radius 2 is 1.25 bits per heavy atom. The first kappa shape index (κ1) is 16.0. The van der Waals surface area contributed by atoms with Crippen molar-refractivity contribution in [2.24, 2.45) is 5.92 Å². The SMILES string of the molecule is [CH2]CCCCC(CCCC)CCCCCC. The standard InChI is InChI=1S/C16H33/c1-4-7-10-12-15-16(13-9-6-3)14-11-8-5-2/h16H,2,4-15H2,1,3H3. The number of rotatable bonds is 12. The van der Waals surface area contributed by atoms with Gasteiger partial charge in [0.2, 0.25) is 0 Å². The fourth-order valence-corrected chi connectivity index (χ4v) is 2.40. The lowest BCUT2D eigenvalue weighted by atomic mass is 9.90. The molecule has 0 bridgehead atoms. The Morgan fingerprint density at radius 3 is 1.81 bits per heavy atom. The first-order chi connectivity index (χ1) is 7.85. The van der Waals surface area contributed by atoms with E-state index in [0.29, 0.717) is 0 Å². The lowest BCUT2D eigenvalue weighted by Gasteiger charge is -2.16. The van der Waals surface area contributed by atoms with Crippen molar-refractivity contribution in [2.75, 3.05) is 0 Å². The summed E-state index contributed by atoms with van der Waals surface area (Å²) in [5.74, 6) is 1.02. The second-order valence-electron chi connectivity index (χ2n) is 5.21. The van der Waals surface area contributed by atoms with E-state index in [2.05, 4.69) is 20.8 Å². The van der Waals surface area contributed by atoms with Crippen LogP contribution in [0.15, 0.2) is 0 Å². The highest BCUT2D eigenvalue weighted by Crippen LogP contribution is 2.23. The fourth-order valence-electron chi connectivity index (χ4n) is 2.40. The molecule has 0 spiro atoms. The molecule has 0 aliphatic carbocycles. The van der Waals surface area contributed by atoms with Crippen LogP contribution in [0.4, 0.5) is 0 Å². The topological polar surface area (TPSA) is 0 Å². The van der Waals surface area contributed by atoms with Gasteiger partial charge in [0.1, 0.15) is 0 Å². The van der Waals surface area contributed by atoms with E-state index in [9.17, 15) is 0 Å². The molecule has 0 aliphatic rings. The maximum Gasteiger partial charge on any atom is -0.0414 e. The van der Waals surface area contributed by atoms with E-state index in [0.717, 1.165) is 12.3 Å². The van der Waals surface area contributed by atoms with Crippen molar-refractivity contribution in [3.8, 4) is 0 Å². The molecule has 0 saturated carbocycles. The normalized spacial score (nSPS) is 12.9. The molecule has 0 heterocycles. The fraction of sp³-hybridized carbons (Fsp3) is 0.938. The molecule has 0 aromatic rings. The van der Waals surface area contributed by atoms with Gasteiger partial charge in [-0.05, 0) is 5.92 Å².